The molecule has 31 heavy (non-hydrogen) atoms. The number of benzene rings is 1. The van der Waals surface area contributed by atoms with Crippen LogP contribution in [0.5, 0.6) is 0 Å². The number of hydrogen-bond acceptors (Lipinski definition) is 4. The number of hydrogen-bond donors (Lipinski definition) is 0. The summed E-state index contributed by atoms with van der Waals surface area (Å²) in [5.74, 6) is 2.60. The van der Waals surface area contributed by atoms with E-state index in [1.807, 2.05) is 0 Å². The maximum absolute atomic E-state index is 4.82. The van der Waals surface area contributed by atoms with Gasteiger partial charge < -0.3 is 14.7 Å². The highest BCUT2D eigenvalue weighted by Crippen LogP contribution is 2.40. The molecule has 1 aromatic carbocycles. The van der Waals surface area contributed by atoms with Gasteiger partial charge in [0.15, 0.2) is 0 Å². The van der Waals surface area contributed by atoms with Gasteiger partial charge in [0.25, 0.3) is 0 Å². The first-order valence-electron chi connectivity index (χ1n) is 11.7. The first-order chi connectivity index (χ1) is 15.0. The number of anilines is 2. The zero-order valence-corrected chi connectivity index (χ0v) is 19.0. The van der Waals surface area contributed by atoms with Crippen molar-refractivity contribution >= 4 is 17.2 Å². The molecule has 4 heteroatoms. The van der Waals surface area contributed by atoms with Crippen LogP contribution < -0.4 is 9.80 Å². The van der Waals surface area contributed by atoms with E-state index in [0.717, 1.165) is 56.6 Å². The third kappa shape index (κ3) is 4.08. The van der Waals surface area contributed by atoms with Crippen molar-refractivity contribution in [1.29, 1.82) is 0 Å². The Morgan fingerprint density at radius 2 is 1.77 bits per heavy atom. The van der Waals surface area contributed by atoms with Crippen molar-refractivity contribution in [2.75, 3.05) is 42.5 Å². The Morgan fingerprint density at radius 1 is 1.06 bits per heavy atom. The van der Waals surface area contributed by atoms with Crippen molar-refractivity contribution in [3.8, 4) is 0 Å². The van der Waals surface area contributed by atoms with Gasteiger partial charge >= 0.3 is 0 Å². The Hall–Kier alpha value is -2.75. The molecule has 1 aliphatic carbocycles. The molecule has 4 nitrogen and oxygen atoms in total. The van der Waals surface area contributed by atoms with Gasteiger partial charge in [-0.2, -0.15) is 0 Å². The lowest BCUT2D eigenvalue weighted by Crippen LogP contribution is -2.45. The zero-order valence-electron chi connectivity index (χ0n) is 19.0. The van der Waals surface area contributed by atoms with Gasteiger partial charge in [0.05, 0.1) is 0 Å². The lowest BCUT2D eigenvalue weighted by molar-refractivity contribution is 0.366. The van der Waals surface area contributed by atoms with Crippen molar-refractivity contribution in [2.24, 2.45) is 5.92 Å². The molecule has 3 heterocycles. The number of pyridine rings is 1. The zero-order chi connectivity index (χ0) is 21.5. The Labute approximate surface area is 186 Å². The van der Waals surface area contributed by atoms with E-state index in [-0.39, 0.29) is 0 Å². The summed E-state index contributed by atoms with van der Waals surface area (Å²) in [6, 6.07) is 11.2. The molecule has 2 aliphatic heterocycles. The minimum absolute atomic E-state index is 0.682. The minimum Gasteiger partial charge on any atom is -0.368 e. The summed E-state index contributed by atoms with van der Waals surface area (Å²) >= 11 is 0. The van der Waals surface area contributed by atoms with Crippen LogP contribution >= 0.6 is 0 Å². The fraction of sp³-hybridized carbons (Fsp3) is 0.444. The predicted molar refractivity (Wildman–Crippen MR) is 130 cm³/mol. The van der Waals surface area contributed by atoms with Crippen molar-refractivity contribution in [3.63, 3.8) is 0 Å². The molecule has 1 unspecified atom stereocenters. The molecule has 5 rings (SSSR count). The summed E-state index contributed by atoms with van der Waals surface area (Å²) in [7, 11) is 0. The van der Waals surface area contributed by atoms with Crippen LogP contribution in [0.3, 0.4) is 0 Å². The summed E-state index contributed by atoms with van der Waals surface area (Å²) in [5, 5.41) is 0. The molecule has 162 valence electrons. The molecule has 0 N–H and O–H groups in total. The molecule has 0 bridgehead atoms. The van der Waals surface area contributed by atoms with Gasteiger partial charge in [-0.3, -0.25) is 0 Å². The standard InChI is InChI=1S/C27H34N4/c1-19-15-21(3)31(18-19)26-9-7-23(8-10-26)22(4)29-11-13-30(14-12-29)27-20(2)16-25(17-28-27)24-5-6-24/h7-10,16-17,19,24H,3-6,11-15,18H2,1-2H3. The number of piperazine rings is 1. The predicted octanol–water partition coefficient (Wildman–Crippen LogP) is 5.42. The van der Waals surface area contributed by atoms with Gasteiger partial charge in [-0.05, 0) is 66.8 Å². The van der Waals surface area contributed by atoms with Crippen molar-refractivity contribution < 1.29 is 0 Å². The van der Waals surface area contributed by atoms with E-state index in [4.69, 9.17) is 4.98 Å². The molecule has 1 aromatic heterocycles. The number of allylic oxidation sites excluding steroid dienone is 1. The monoisotopic (exact) mass is 414 g/mol. The number of nitrogens with zero attached hydrogens (tertiary/aromatic N) is 4. The number of rotatable bonds is 5. The smallest absolute Gasteiger partial charge is 0.131 e. The number of aromatic nitrogens is 1. The van der Waals surface area contributed by atoms with E-state index in [2.05, 4.69) is 78.2 Å². The van der Waals surface area contributed by atoms with E-state index in [9.17, 15) is 0 Å². The topological polar surface area (TPSA) is 22.6 Å². The molecule has 1 atom stereocenters. The summed E-state index contributed by atoms with van der Waals surface area (Å²) in [6.07, 6.45) is 5.85. The van der Waals surface area contributed by atoms with Gasteiger partial charge in [0, 0.05) is 56.0 Å². The second-order valence-electron chi connectivity index (χ2n) is 9.64. The van der Waals surface area contributed by atoms with E-state index in [1.54, 1.807) is 0 Å². The van der Waals surface area contributed by atoms with E-state index in [0.29, 0.717) is 5.92 Å². The molecule has 3 aliphatic rings. The van der Waals surface area contributed by atoms with Crippen molar-refractivity contribution in [3.05, 3.63) is 72.1 Å². The van der Waals surface area contributed by atoms with E-state index < -0.39 is 0 Å². The maximum Gasteiger partial charge on any atom is 0.131 e. The second kappa shape index (κ2) is 8.07. The quantitative estimate of drug-likeness (QED) is 0.651. The van der Waals surface area contributed by atoms with Crippen LogP contribution in [0.1, 0.15) is 48.8 Å². The summed E-state index contributed by atoms with van der Waals surface area (Å²) in [5.41, 5.74) is 7.52. The molecule has 0 radical (unpaired) electrons. The first kappa shape index (κ1) is 20.2. The van der Waals surface area contributed by atoms with Crippen molar-refractivity contribution in [1.82, 2.24) is 9.88 Å². The average Bonchev–Trinajstić information content (AvgIpc) is 3.57. The van der Waals surface area contributed by atoms with E-state index in [1.165, 1.54) is 40.9 Å². The van der Waals surface area contributed by atoms with Gasteiger partial charge in [0.2, 0.25) is 0 Å². The van der Waals surface area contributed by atoms with Crippen LogP contribution in [0, 0.1) is 12.8 Å². The molecule has 2 aromatic rings. The molecule has 0 amide bonds. The lowest BCUT2D eigenvalue weighted by atomic mass is 10.1. The SMILES string of the molecule is C=C(c1ccc(N2CC(C)CC2=C)cc1)N1CCN(c2ncc(C3CC3)cc2C)CC1. The van der Waals surface area contributed by atoms with Crippen LogP contribution in [-0.2, 0) is 0 Å². The highest BCUT2D eigenvalue weighted by molar-refractivity contribution is 5.66. The van der Waals surface area contributed by atoms with Crippen molar-refractivity contribution in [2.45, 2.75) is 39.0 Å². The first-order valence-corrected chi connectivity index (χ1v) is 11.7. The average molecular weight is 415 g/mol. The van der Waals surface area contributed by atoms with E-state index >= 15 is 0 Å². The van der Waals surface area contributed by atoms with Crippen LogP contribution in [0.15, 0.2) is 55.4 Å². The van der Waals surface area contributed by atoms with Crippen LogP contribution in [0.2, 0.25) is 0 Å². The van der Waals surface area contributed by atoms with Gasteiger partial charge in [-0.1, -0.05) is 38.3 Å². The largest absolute Gasteiger partial charge is 0.368 e. The minimum atomic E-state index is 0.682. The highest BCUT2D eigenvalue weighted by atomic mass is 15.3. The van der Waals surface area contributed by atoms with Crippen LogP contribution in [0.25, 0.3) is 5.70 Å². The highest BCUT2D eigenvalue weighted by Gasteiger charge is 2.26. The summed E-state index contributed by atoms with van der Waals surface area (Å²) in [4.78, 5) is 12.0. The molecule has 0 spiro atoms. The van der Waals surface area contributed by atoms with Crippen LogP contribution in [0.4, 0.5) is 11.5 Å². The van der Waals surface area contributed by atoms with Crippen LogP contribution in [-0.4, -0.2) is 42.6 Å². The molecular formula is C27H34N4. The van der Waals surface area contributed by atoms with Gasteiger partial charge in [-0.25, -0.2) is 4.98 Å². The fourth-order valence-corrected chi connectivity index (χ4v) is 5.07. The van der Waals surface area contributed by atoms with Gasteiger partial charge in [-0.15, -0.1) is 0 Å². The number of aryl methyl sites for hydroxylation is 1. The third-order valence-corrected chi connectivity index (χ3v) is 7.05. The molecular weight excluding hydrogens is 380 g/mol. The lowest BCUT2D eigenvalue weighted by Gasteiger charge is -2.38. The Bertz CT molecular complexity index is 981. The third-order valence-electron chi connectivity index (χ3n) is 7.05. The summed E-state index contributed by atoms with van der Waals surface area (Å²) in [6.45, 7) is 18.1. The summed E-state index contributed by atoms with van der Waals surface area (Å²) < 4.78 is 0. The Morgan fingerprint density at radius 3 is 2.35 bits per heavy atom. The molecule has 2 saturated heterocycles. The Balaban J connectivity index is 1.20. The molecule has 3 fully saturated rings. The van der Waals surface area contributed by atoms with Gasteiger partial charge in [0.1, 0.15) is 5.82 Å². The second-order valence-corrected chi connectivity index (χ2v) is 9.64. The molecule has 1 saturated carbocycles. The Kier molecular flexibility index (Phi) is 5.25. The maximum atomic E-state index is 4.82. The normalized spacial score (nSPS) is 21.7. The fourth-order valence-electron chi connectivity index (χ4n) is 5.07.